The smallest absolute Gasteiger partial charge is 0.371 e. The molecule has 0 spiro atoms. The summed E-state index contributed by atoms with van der Waals surface area (Å²) in [6.07, 6.45) is -1.79. The van der Waals surface area contributed by atoms with Crippen molar-refractivity contribution in [2.75, 3.05) is 44.2 Å². The van der Waals surface area contributed by atoms with Crippen LogP contribution in [-0.4, -0.2) is 61.0 Å². The monoisotopic (exact) mass is 397 g/mol. The van der Waals surface area contributed by atoms with E-state index >= 15 is 0 Å². The predicted octanol–water partition coefficient (Wildman–Crippen LogP) is 3.86. The fourth-order valence-corrected chi connectivity index (χ4v) is 4.18. The second kappa shape index (κ2) is 8.72. The summed E-state index contributed by atoms with van der Waals surface area (Å²) in [5, 5.41) is 0. The molecule has 1 aromatic rings. The lowest BCUT2D eigenvalue weighted by Gasteiger charge is -2.35. The van der Waals surface area contributed by atoms with Crippen LogP contribution >= 0.6 is 0 Å². The lowest BCUT2D eigenvalue weighted by Crippen LogP contribution is -2.44. The Kier molecular flexibility index (Phi) is 6.53. The maximum Gasteiger partial charge on any atom is 0.416 e. The van der Waals surface area contributed by atoms with Gasteiger partial charge in [-0.2, -0.15) is 13.2 Å². The third-order valence-electron chi connectivity index (χ3n) is 5.98. The van der Waals surface area contributed by atoms with Crippen molar-refractivity contribution in [3.8, 4) is 0 Å². The average molecular weight is 397 g/mol. The summed E-state index contributed by atoms with van der Waals surface area (Å²) in [6, 6.07) is 5.82. The highest BCUT2D eigenvalue weighted by Gasteiger charge is 2.32. The van der Waals surface area contributed by atoms with Crippen LogP contribution in [-0.2, 0) is 11.0 Å². The third-order valence-corrected chi connectivity index (χ3v) is 5.98. The Balaban J connectivity index is 1.53. The van der Waals surface area contributed by atoms with Gasteiger partial charge in [-0.25, -0.2) is 0 Å². The zero-order valence-corrected chi connectivity index (χ0v) is 16.7. The van der Waals surface area contributed by atoms with Gasteiger partial charge >= 0.3 is 6.18 Å². The largest absolute Gasteiger partial charge is 0.416 e. The van der Waals surface area contributed by atoms with Crippen LogP contribution < -0.4 is 4.90 Å². The molecule has 156 valence electrons. The number of carbonyl (C=O) groups is 1. The van der Waals surface area contributed by atoms with Crippen molar-refractivity contribution in [1.82, 2.24) is 9.80 Å². The first-order chi connectivity index (χ1) is 13.3. The van der Waals surface area contributed by atoms with Gasteiger partial charge in [-0.3, -0.25) is 9.69 Å². The third kappa shape index (κ3) is 4.99. The minimum absolute atomic E-state index is 0.0244. The van der Waals surface area contributed by atoms with Crippen molar-refractivity contribution in [2.24, 2.45) is 5.92 Å². The van der Waals surface area contributed by atoms with Gasteiger partial charge in [0.25, 0.3) is 0 Å². The minimum Gasteiger partial charge on any atom is -0.371 e. The molecule has 0 N–H and O–H groups in total. The second-order valence-electron chi connectivity index (χ2n) is 8.11. The molecule has 1 aromatic carbocycles. The fraction of sp³-hybridized carbons (Fsp3) is 0.667. The van der Waals surface area contributed by atoms with Gasteiger partial charge in [0.1, 0.15) is 0 Å². The van der Waals surface area contributed by atoms with E-state index in [9.17, 15) is 18.0 Å². The Morgan fingerprint density at radius 1 is 0.964 bits per heavy atom. The molecule has 0 atom stereocenters. The number of hydrogen-bond acceptors (Lipinski definition) is 3. The van der Waals surface area contributed by atoms with E-state index in [4.69, 9.17) is 0 Å². The normalized spacial score (nSPS) is 20.5. The number of rotatable bonds is 3. The molecule has 1 amide bonds. The Bertz CT molecular complexity index is 652. The molecule has 0 bridgehead atoms. The number of alkyl halides is 3. The Hall–Kier alpha value is -1.76. The van der Waals surface area contributed by atoms with Gasteiger partial charge < -0.3 is 9.80 Å². The molecule has 2 aliphatic rings. The molecule has 2 heterocycles. The topological polar surface area (TPSA) is 26.8 Å². The zero-order valence-electron chi connectivity index (χ0n) is 16.7. The van der Waals surface area contributed by atoms with Crippen molar-refractivity contribution in [1.29, 1.82) is 0 Å². The van der Waals surface area contributed by atoms with Crippen LogP contribution in [0, 0.1) is 5.92 Å². The zero-order chi connectivity index (χ0) is 20.3. The van der Waals surface area contributed by atoms with E-state index in [-0.39, 0.29) is 11.8 Å². The van der Waals surface area contributed by atoms with E-state index in [1.807, 2.05) is 4.90 Å². The highest BCUT2D eigenvalue weighted by Crippen LogP contribution is 2.31. The predicted molar refractivity (Wildman–Crippen MR) is 104 cm³/mol. The first-order valence-electron chi connectivity index (χ1n) is 10.2. The van der Waals surface area contributed by atoms with Crippen LogP contribution in [0.15, 0.2) is 24.3 Å². The molecule has 4 nitrogen and oxygen atoms in total. The highest BCUT2D eigenvalue weighted by molar-refractivity contribution is 5.79. The summed E-state index contributed by atoms with van der Waals surface area (Å²) in [5.41, 5.74) is 0.166. The molecule has 0 aromatic heterocycles. The molecular formula is C21H30F3N3O. The maximum atomic E-state index is 12.9. The average Bonchev–Trinajstić information content (AvgIpc) is 2.93. The Morgan fingerprint density at radius 2 is 1.61 bits per heavy atom. The summed E-state index contributed by atoms with van der Waals surface area (Å²) in [6.45, 7) is 9.35. The van der Waals surface area contributed by atoms with Gasteiger partial charge in [0.2, 0.25) is 5.91 Å². The van der Waals surface area contributed by atoms with Gasteiger partial charge in [-0.05, 0) is 57.4 Å². The Morgan fingerprint density at radius 3 is 2.18 bits per heavy atom. The van der Waals surface area contributed by atoms with Crippen molar-refractivity contribution < 1.29 is 18.0 Å². The number of piperidine rings is 1. The van der Waals surface area contributed by atoms with Gasteiger partial charge in [0.15, 0.2) is 0 Å². The van der Waals surface area contributed by atoms with E-state index < -0.39 is 11.7 Å². The molecular weight excluding hydrogens is 367 g/mol. The summed E-state index contributed by atoms with van der Waals surface area (Å²) in [5.74, 6) is 0.272. The molecule has 2 aliphatic heterocycles. The first-order valence-corrected chi connectivity index (χ1v) is 10.2. The summed E-state index contributed by atoms with van der Waals surface area (Å²) in [4.78, 5) is 19.5. The van der Waals surface area contributed by atoms with Gasteiger partial charge in [0, 0.05) is 56.9 Å². The molecule has 0 unspecified atom stereocenters. The lowest BCUT2D eigenvalue weighted by atomic mass is 9.94. The summed E-state index contributed by atoms with van der Waals surface area (Å²) < 4.78 is 38.2. The van der Waals surface area contributed by atoms with Crippen LogP contribution in [0.25, 0.3) is 0 Å². The van der Waals surface area contributed by atoms with Crippen LogP contribution in [0.5, 0.6) is 0 Å². The molecule has 3 rings (SSSR count). The van der Waals surface area contributed by atoms with Crippen molar-refractivity contribution in [3.63, 3.8) is 0 Å². The van der Waals surface area contributed by atoms with Crippen LogP contribution in [0.3, 0.4) is 0 Å². The van der Waals surface area contributed by atoms with Crippen molar-refractivity contribution in [2.45, 2.75) is 45.3 Å². The van der Waals surface area contributed by atoms with Crippen LogP contribution in [0.4, 0.5) is 18.9 Å². The second-order valence-corrected chi connectivity index (χ2v) is 8.11. The van der Waals surface area contributed by atoms with Gasteiger partial charge in [-0.1, -0.05) is 0 Å². The molecule has 0 aliphatic carbocycles. The van der Waals surface area contributed by atoms with Gasteiger partial charge in [-0.15, -0.1) is 0 Å². The van der Waals surface area contributed by atoms with E-state index in [1.54, 1.807) is 0 Å². The SMILES string of the molecule is CC(C)N1CCCN(C(=O)C2CCN(c3ccc(C(F)(F)F)cc3)CC2)CC1. The number of halogens is 3. The number of carbonyl (C=O) groups excluding carboxylic acids is 1. The van der Waals surface area contributed by atoms with Crippen LogP contribution in [0.2, 0.25) is 0 Å². The van der Waals surface area contributed by atoms with Crippen molar-refractivity contribution in [3.05, 3.63) is 29.8 Å². The quantitative estimate of drug-likeness (QED) is 0.775. The molecule has 2 fully saturated rings. The number of benzene rings is 1. The maximum absolute atomic E-state index is 12.9. The minimum atomic E-state index is -4.31. The van der Waals surface area contributed by atoms with Crippen molar-refractivity contribution >= 4 is 11.6 Å². The standard InChI is InChI=1S/C21H30F3N3O/c1-16(2)25-10-3-11-27(15-14-25)20(28)17-8-12-26(13-9-17)19-6-4-18(5-7-19)21(22,23)24/h4-7,16-17H,3,8-15H2,1-2H3. The molecule has 28 heavy (non-hydrogen) atoms. The van der Waals surface area contributed by atoms with E-state index in [0.717, 1.165) is 63.3 Å². The molecule has 7 heteroatoms. The first kappa shape index (κ1) is 21.0. The highest BCUT2D eigenvalue weighted by atomic mass is 19.4. The van der Waals surface area contributed by atoms with Gasteiger partial charge in [0.05, 0.1) is 5.56 Å². The number of nitrogens with zero attached hydrogens (tertiary/aromatic N) is 3. The summed E-state index contributed by atoms with van der Waals surface area (Å²) >= 11 is 0. The fourth-order valence-electron chi connectivity index (χ4n) is 4.18. The molecule has 0 saturated carbocycles. The van der Waals surface area contributed by atoms with E-state index in [1.165, 1.54) is 12.1 Å². The summed E-state index contributed by atoms with van der Waals surface area (Å²) in [7, 11) is 0. The number of hydrogen-bond donors (Lipinski definition) is 0. The number of anilines is 1. The number of amides is 1. The molecule has 0 radical (unpaired) electrons. The molecule has 2 saturated heterocycles. The van der Waals surface area contributed by atoms with E-state index in [0.29, 0.717) is 19.1 Å². The van der Waals surface area contributed by atoms with E-state index in [2.05, 4.69) is 23.6 Å². The van der Waals surface area contributed by atoms with Crippen LogP contribution in [0.1, 0.15) is 38.7 Å². The Labute approximate surface area is 165 Å². The lowest BCUT2D eigenvalue weighted by molar-refractivity contribution is -0.138.